The first-order valence-corrected chi connectivity index (χ1v) is 4.70. The van der Waals surface area contributed by atoms with Gasteiger partial charge in [0.15, 0.2) is 0 Å². The maximum absolute atomic E-state index is 10.4. The van der Waals surface area contributed by atoms with E-state index < -0.39 is 10.3 Å². The molecule has 0 amide bonds. The molecule has 0 radical (unpaired) electrons. The molecule has 0 bridgehead atoms. The molecule has 0 atom stereocenters. The van der Waals surface area contributed by atoms with Crippen molar-refractivity contribution in [3.05, 3.63) is 0 Å². The average Bonchev–Trinajstić information content (AvgIpc) is 1.51. The average molecular weight is 180 g/mol. The Morgan fingerprint density at radius 1 is 1.45 bits per heavy atom. The lowest BCUT2D eigenvalue weighted by Crippen LogP contribution is -2.58. The molecule has 5 nitrogen and oxygen atoms in total. The van der Waals surface area contributed by atoms with Gasteiger partial charge in [0.1, 0.15) is 0 Å². The highest BCUT2D eigenvalue weighted by Gasteiger charge is 2.35. The lowest BCUT2D eigenvalue weighted by molar-refractivity contribution is 0.124. The van der Waals surface area contributed by atoms with Gasteiger partial charge in [0.25, 0.3) is 0 Å². The molecule has 0 aromatic heterocycles. The summed E-state index contributed by atoms with van der Waals surface area (Å²) in [6, 6.07) is 0.247. The van der Waals surface area contributed by atoms with Crippen molar-refractivity contribution in [2.45, 2.75) is 6.04 Å². The molecule has 0 aliphatic carbocycles. The van der Waals surface area contributed by atoms with E-state index >= 15 is 0 Å². The topological polar surface area (TPSA) is 60.9 Å². The zero-order chi connectivity index (χ0) is 8.65. The van der Waals surface area contributed by atoms with Gasteiger partial charge < -0.3 is 4.90 Å². The second kappa shape index (κ2) is 2.71. The normalized spacial score (nSPS) is 22.2. The van der Waals surface area contributed by atoms with Crippen molar-refractivity contribution in [2.75, 3.05) is 27.2 Å². The van der Waals surface area contributed by atoms with E-state index in [4.69, 9.17) is 4.55 Å². The van der Waals surface area contributed by atoms with Crippen LogP contribution in [0.3, 0.4) is 0 Å². The Bertz CT molecular complexity index is 230. The van der Waals surface area contributed by atoms with Crippen LogP contribution in [0.5, 0.6) is 0 Å². The predicted octanol–water partition coefficient (Wildman–Crippen LogP) is -0.965. The first-order valence-electron chi connectivity index (χ1n) is 3.30. The molecule has 0 spiro atoms. The van der Waals surface area contributed by atoms with Crippen LogP contribution in [0.25, 0.3) is 0 Å². The predicted molar refractivity (Wildman–Crippen MR) is 40.6 cm³/mol. The van der Waals surface area contributed by atoms with Crippen molar-refractivity contribution in [1.29, 1.82) is 0 Å². The lowest BCUT2D eigenvalue weighted by atomic mass is 10.2. The van der Waals surface area contributed by atoms with E-state index in [-0.39, 0.29) is 6.04 Å². The molecule has 1 aliphatic rings. The second-order valence-electron chi connectivity index (χ2n) is 2.91. The third-order valence-electron chi connectivity index (χ3n) is 1.89. The maximum atomic E-state index is 10.4. The van der Waals surface area contributed by atoms with Crippen LogP contribution in [0.2, 0.25) is 0 Å². The Hall–Kier alpha value is -0.170. The first-order chi connectivity index (χ1) is 4.91. The number of hydrogen-bond acceptors (Lipinski definition) is 3. The number of hydrogen-bond donors (Lipinski definition) is 1. The fourth-order valence-electron chi connectivity index (χ4n) is 0.932. The smallest absolute Gasteiger partial charge is 0.304 e. The summed E-state index contributed by atoms with van der Waals surface area (Å²) < 4.78 is 30.4. The number of nitrogens with zero attached hydrogens (tertiary/aromatic N) is 2. The van der Waals surface area contributed by atoms with Gasteiger partial charge in [-0.3, -0.25) is 4.55 Å². The van der Waals surface area contributed by atoms with Gasteiger partial charge in [0, 0.05) is 19.1 Å². The molecule has 1 fully saturated rings. The van der Waals surface area contributed by atoms with E-state index in [1.165, 1.54) is 0 Å². The van der Waals surface area contributed by atoms with Gasteiger partial charge in [-0.25, -0.2) is 0 Å². The summed E-state index contributed by atoms with van der Waals surface area (Å²) in [6.07, 6.45) is 0. The van der Waals surface area contributed by atoms with Crippen molar-refractivity contribution in [3.63, 3.8) is 0 Å². The van der Waals surface area contributed by atoms with Gasteiger partial charge in [-0.1, -0.05) is 0 Å². The highest BCUT2D eigenvalue weighted by molar-refractivity contribution is 7.83. The summed E-state index contributed by atoms with van der Waals surface area (Å²) in [6.45, 7) is 0.789. The van der Waals surface area contributed by atoms with E-state index in [0.29, 0.717) is 13.1 Å². The van der Waals surface area contributed by atoms with Gasteiger partial charge in [-0.2, -0.15) is 12.7 Å². The van der Waals surface area contributed by atoms with Gasteiger partial charge in [-0.05, 0) is 14.1 Å². The van der Waals surface area contributed by atoms with Crippen LogP contribution in [0.4, 0.5) is 0 Å². The lowest BCUT2D eigenvalue weighted by Gasteiger charge is -2.39. The molecule has 66 valence electrons. The van der Waals surface area contributed by atoms with Crippen LogP contribution in [0.15, 0.2) is 0 Å². The highest BCUT2D eigenvalue weighted by atomic mass is 32.2. The molecule has 1 saturated heterocycles. The molecule has 1 N–H and O–H groups in total. The summed E-state index contributed by atoms with van der Waals surface area (Å²) >= 11 is 0. The summed E-state index contributed by atoms with van der Waals surface area (Å²) in [5.41, 5.74) is 0. The van der Waals surface area contributed by atoms with Crippen molar-refractivity contribution in [3.8, 4) is 0 Å². The van der Waals surface area contributed by atoms with Crippen molar-refractivity contribution in [1.82, 2.24) is 9.21 Å². The van der Waals surface area contributed by atoms with Crippen LogP contribution < -0.4 is 0 Å². The maximum Gasteiger partial charge on any atom is 0.336 e. The standard InChI is InChI=1S/C5H12N2O3S/c1-6(2)5-3-7(4-5)11(8,9)10/h5H,3-4H2,1-2H3,(H,8,9,10). The van der Waals surface area contributed by atoms with E-state index in [2.05, 4.69) is 0 Å². The van der Waals surface area contributed by atoms with E-state index in [1.54, 1.807) is 0 Å². The van der Waals surface area contributed by atoms with Gasteiger partial charge >= 0.3 is 10.3 Å². The Balaban J connectivity index is 2.42. The van der Waals surface area contributed by atoms with Crippen LogP contribution in [-0.2, 0) is 10.3 Å². The van der Waals surface area contributed by atoms with Crippen LogP contribution in [-0.4, -0.2) is 55.4 Å². The molecule has 0 saturated carbocycles. The minimum atomic E-state index is -3.93. The number of rotatable bonds is 2. The van der Waals surface area contributed by atoms with Crippen LogP contribution in [0.1, 0.15) is 0 Å². The third-order valence-corrected chi connectivity index (χ3v) is 2.84. The second-order valence-corrected chi connectivity index (χ2v) is 4.32. The van der Waals surface area contributed by atoms with Crippen molar-refractivity contribution >= 4 is 10.3 Å². The first kappa shape index (κ1) is 8.92. The van der Waals surface area contributed by atoms with E-state index in [0.717, 1.165) is 4.31 Å². The van der Waals surface area contributed by atoms with E-state index in [9.17, 15) is 8.42 Å². The Labute approximate surface area is 66.5 Å². The fraction of sp³-hybridized carbons (Fsp3) is 1.00. The summed E-state index contributed by atoms with van der Waals surface area (Å²) in [4.78, 5) is 1.93. The quantitative estimate of drug-likeness (QED) is 0.556. The Morgan fingerprint density at radius 3 is 2.18 bits per heavy atom. The van der Waals surface area contributed by atoms with Gasteiger partial charge in [0.2, 0.25) is 0 Å². The van der Waals surface area contributed by atoms with Gasteiger partial charge in [0.05, 0.1) is 0 Å². The number of likely N-dealkylation sites (N-methyl/N-ethyl adjacent to an activating group) is 1. The van der Waals surface area contributed by atoms with Crippen LogP contribution >= 0.6 is 0 Å². The molecule has 1 heterocycles. The zero-order valence-electron chi connectivity index (χ0n) is 6.56. The third kappa shape index (κ3) is 1.90. The Morgan fingerprint density at radius 2 is 1.91 bits per heavy atom. The molecular weight excluding hydrogens is 168 g/mol. The highest BCUT2D eigenvalue weighted by Crippen LogP contribution is 2.14. The molecular formula is C5H12N2O3S. The summed E-state index contributed by atoms with van der Waals surface area (Å²) in [5.74, 6) is 0. The largest absolute Gasteiger partial charge is 0.336 e. The zero-order valence-corrected chi connectivity index (χ0v) is 7.37. The summed E-state index contributed by atoms with van der Waals surface area (Å²) in [5, 5.41) is 0. The molecule has 1 aliphatic heterocycles. The monoisotopic (exact) mass is 180 g/mol. The minimum absolute atomic E-state index is 0.247. The van der Waals surface area contributed by atoms with Crippen LogP contribution in [0, 0.1) is 0 Å². The summed E-state index contributed by atoms with van der Waals surface area (Å²) in [7, 11) is -0.164. The SMILES string of the molecule is CN(C)C1CN(S(=O)(=O)O)C1. The van der Waals surface area contributed by atoms with Crippen molar-refractivity contribution in [2.24, 2.45) is 0 Å². The molecule has 0 unspecified atom stereocenters. The minimum Gasteiger partial charge on any atom is -0.304 e. The van der Waals surface area contributed by atoms with Crippen molar-refractivity contribution < 1.29 is 13.0 Å². The van der Waals surface area contributed by atoms with E-state index in [1.807, 2.05) is 19.0 Å². The molecule has 0 aromatic carbocycles. The van der Waals surface area contributed by atoms with Gasteiger partial charge in [-0.15, -0.1) is 0 Å². The molecule has 11 heavy (non-hydrogen) atoms. The molecule has 0 aromatic rings. The molecule has 6 heteroatoms. The fourth-order valence-corrected chi connectivity index (χ4v) is 1.65. The Kier molecular flexibility index (Phi) is 2.19. The molecule has 1 rings (SSSR count).